The molecule has 24 heavy (non-hydrogen) atoms. The van der Waals surface area contributed by atoms with E-state index in [4.69, 9.17) is 9.73 Å². The summed E-state index contributed by atoms with van der Waals surface area (Å²) in [5.74, 6) is 2.52. The first-order valence-corrected chi connectivity index (χ1v) is 9.83. The molecule has 2 aliphatic heterocycles. The normalized spacial score (nSPS) is 33.5. The number of guanidine groups is 1. The van der Waals surface area contributed by atoms with Gasteiger partial charge in [0, 0.05) is 63.3 Å². The molecule has 5 nitrogen and oxygen atoms in total. The summed E-state index contributed by atoms with van der Waals surface area (Å²) in [5.41, 5.74) is 0.204. The largest absolute Gasteiger partial charge is 0.377 e. The summed E-state index contributed by atoms with van der Waals surface area (Å²) in [6, 6.07) is 0.490. The molecule has 0 aromatic carbocycles. The van der Waals surface area contributed by atoms with Gasteiger partial charge in [-0.2, -0.15) is 0 Å². The van der Waals surface area contributed by atoms with Gasteiger partial charge in [-0.3, -0.25) is 9.89 Å². The number of rotatable bonds is 4. The van der Waals surface area contributed by atoms with Gasteiger partial charge in [-0.15, -0.1) is 0 Å². The van der Waals surface area contributed by atoms with Crippen molar-refractivity contribution in [1.82, 2.24) is 15.1 Å². The number of ether oxygens (including phenoxy) is 1. The highest BCUT2D eigenvalue weighted by molar-refractivity contribution is 5.80. The highest BCUT2D eigenvalue weighted by Gasteiger charge is 2.59. The quantitative estimate of drug-likeness (QED) is 0.630. The fourth-order valence-electron chi connectivity index (χ4n) is 4.80. The molecule has 2 saturated heterocycles. The lowest BCUT2D eigenvalue weighted by molar-refractivity contribution is -0.107. The Labute approximate surface area is 147 Å². The molecule has 0 radical (unpaired) electrons. The van der Waals surface area contributed by atoms with E-state index >= 15 is 0 Å². The van der Waals surface area contributed by atoms with Crippen LogP contribution < -0.4 is 5.32 Å². The van der Waals surface area contributed by atoms with Crippen molar-refractivity contribution in [1.29, 1.82) is 0 Å². The van der Waals surface area contributed by atoms with Crippen LogP contribution in [-0.2, 0) is 4.74 Å². The number of hydrogen-bond donors (Lipinski definition) is 1. The van der Waals surface area contributed by atoms with Gasteiger partial charge < -0.3 is 15.0 Å². The summed E-state index contributed by atoms with van der Waals surface area (Å²) in [7, 11) is 0. The molecule has 0 aromatic rings. The monoisotopic (exact) mass is 336 g/mol. The Morgan fingerprint density at radius 1 is 1.25 bits per heavy atom. The van der Waals surface area contributed by atoms with E-state index in [1.54, 1.807) is 0 Å². The number of piperazine rings is 1. The van der Waals surface area contributed by atoms with Crippen molar-refractivity contribution in [2.75, 3.05) is 45.9 Å². The van der Waals surface area contributed by atoms with Gasteiger partial charge in [0.1, 0.15) is 0 Å². The maximum atomic E-state index is 5.94. The summed E-state index contributed by atoms with van der Waals surface area (Å²) in [5, 5.41) is 3.82. The first-order valence-electron chi connectivity index (χ1n) is 9.83. The van der Waals surface area contributed by atoms with Crippen LogP contribution in [0.3, 0.4) is 0 Å². The molecular formula is C19H36N4O. The second-order valence-electron chi connectivity index (χ2n) is 8.67. The number of hydrogen-bond acceptors (Lipinski definition) is 3. The van der Waals surface area contributed by atoms with Gasteiger partial charge >= 0.3 is 0 Å². The Hall–Kier alpha value is -0.810. The molecule has 3 aliphatic rings. The molecule has 0 spiro atoms. The SMILES string of the molecule is CCN=C(NC1C2CCOC2C1(C)C)N1CCN(CC(C)C)CC1. The summed E-state index contributed by atoms with van der Waals surface area (Å²) in [4.78, 5) is 9.85. The van der Waals surface area contributed by atoms with Crippen LogP contribution in [0.1, 0.15) is 41.0 Å². The topological polar surface area (TPSA) is 40.1 Å². The van der Waals surface area contributed by atoms with Gasteiger partial charge in [-0.25, -0.2) is 0 Å². The van der Waals surface area contributed by atoms with E-state index in [1.807, 2.05) is 0 Å². The van der Waals surface area contributed by atoms with Crippen LogP contribution in [0.5, 0.6) is 0 Å². The lowest BCUT2D eigenvalue weighted by Crippen LogP contribution is -2.68. The molecule has 1 aliphatic carbocycles. The molecule has 2 heterocycles. The minimum atomic E-state index is 0.204. The molecule has 0 aromatic heterocycles. The Morgan fingerprint density at radius 2 is 1.96 bits per heavy atom. The zero-order valence-corrected chi connectivity index (χ0v) is 16.2. The van der Waals surface area contributed by atoms with E-state index in [9.17, 15) is 0 Å². The molecule has 3 fully saturated rings. The summed E-state index contributed by atoms with van der Waals surface area (Å²) < 4.78 is 5.94. The molecule has 1 N–H and O–H groups in total. The standard InChI is InChI=1S/C19H36N4O/c1-6-20-18(23-10-8-22(9-11-23)13-14(2)3)21-16-15-7-12-24-17(15)19(16,4)5/h14-17H,6-13H2,1-5H3,(H,20,21). The minimum Gasteiger partial charge on any atom is -0.377 e. The molecule has 0 amide bonds. The summed E-state index contributed by atoms with van der Waals surface area (Å²) in [6.45, 7) is 18.8. The van der Waals surface area contributed by atoms with Crippen molar-refractivity contribution in [2.24, 2.45) is 22.2 Å². The molecule has 0 bridgehead atoms. The smallest absolute Gasteiger partial charge is 0.194 e. The predicted molar refractivity (Wildman–Crippen MR) is 99.4 cm³/mol. The van der Waals surface area contributed by atoms with Crippen LogP contribution in [0, 0.1) is 17.3 Å². The first kappa shape index (κ1) is 18.0. The lowest BCUT2D eigenvalue weighted by atomic mass is 9.57. The van der Waals surface area contributed by atoms with Crippen molar-refractivity contribution in [3.05, 3.63) is 0 Å². The van der Waals surface area contributed by atoms with E-state index in [0.717, 1.165) is 51.2 Å². The van der Waals surface area contributed by atoms with Crippen LogP contribution >= 0.6 is 0 Å². The molecular weight excluding hydrogens is 300 g/mol. The lowest BCUT2D eigenvalue weighted by Gasteiger charge is -2.55. The summed E-state index contributed by atoms with van der Waals surface area (Å²) >= 11 is 0. The molecule has 1 saturated carbocycles. The van der Waals surface area contributed by atoms with Crippen LogP contribution in [0.2, 0.25) is 0 Å². The fraction of sp³-hybridized carbons (Fsp3) is 0.947. The van der Waals surface area contributed by atoms with Crippen molar-refractivity contribution < 1.29 is 4.74 Å². The molecule has 5 heteroatoms. The first-order chi connectivity index (χ1) is 11.4. The zero-order valence-electron chi connectivity index (χ0n) is 16.2. The highest BCUT2D eigenvalue weighted by Crippen LogP contribution is 2.52. The van der Waals surface area contributed by atoms with Crippen LogP contribution in [0.25, 0.3) is 0 Å². The average molecular weight is 337 g/mol. The van der Waals surface area contributed by atoms with Crippen molar-refractivity contribution in [3.8, 4) is 0 Å². The van der Waals surface area contributed by atoms with Gasteiger partial charge in [0.2, 0.25) is 0 Å². The van der Waals surface area contributed by atoms with E-state index in [1.165, 1.54) is 13.0 Å². The molecule has 138 valence electrons. The van der Waals surface area contributed by atoms with E-state index in [2.05, 4.69) is 49.7 Å². The maximum absolute atomic E-state index is 5.94. The Kier molecular flexibility index (Phi) is 5.40. The second kappa shape index (κ2) is 7.20. The third kappa shape index (κ3) is 3.43. The average Bonchev–Trinajstić information content (AvgIpc) is 2.98. The van der Waals surface area contributed by atoms with Gasteiger partial charge in [0.25, 0.3) is 0 Å². The number of nitrogens with zero attached hydrogens (tertiary/aromatic N) is 3. The Balaban J connectivity index is 1.59. The number of nitrogens with one attached hydrogen (secondary N) is 1. The van der Waals surface area contributed by atoms with Crippen LogP contribution in [-0.4, -0.2) is 73.8 Å². The van der Waals surface area contributed by atoms with Gasteiger partial charge in [0.15, 0.2) is 5.96 Å². The summed E-state index contributed by atoms with van der Waals surface area (Å²) in [6.07, 6.45) is 1.62. The van der Waals surface area contributed by atoms with Crippen molar-refractivity contribution >= 4 is 5.96 Å². The zero-order chi connectivity index (χ0) is 17.3. The fourth-order valence-corrected chi connectivity index (χ4v) is 4.80. The Morgan fingerprint density at radius 3 is 2.58 bits per heavy atom. The van der Waals surface area contributed by atoms with Gasteiger partial charge in [-0.05, 0) is 19.3 Å². The minimum absolute atomic E-state index is 0.204. The van der Waals surface area contributed by atoms with E-state index in [0.29, 0.717) is 18.1 Å². The maximum Gasteiger partial charge on any atom is 0.194 e. The van der Waals surface area contributed by atoms with Crippen molar-refractivity contribution in [2.45, 2.75) is 53.2 Å². The van der Waals surface area contributed by atoms with Crippen LogP contribution in [0.15, 0.2) is 4.99 Å². The van der Waals surface area contributed by atoms with E-state index in [-0.39, 0.29) is 5.41 Å². The third-order valence-electron chi connectivity index (χ3n) is 5.99. The van der Waals surface area contributed by atoms with Gasteiger partial charge in [0.05, 0.1) is 6.10 Å². The predicted octanol–water partition coefficient (Wildman–Crippen LogP) is 2.04. The molecule has 3 atom stereocenters. The van der Waals surface area contributed by atoms with E-state index < -0.39 is 0 Å². The third-order valence-corrected chi connectivity index (χ3v) is 5.99. The van der Waals surface area contributed by atoms with Crippen molar-refractivity contribution in [3.63, 3.8) is 0 Å². The Bertz CT molecular complexity index is 454. The highest BCUT2D eigenvalue weighted by atomic mass is 16.5. The number of fused-ring (bicyclic) bond motifs is 1. The molecule has 3 rings (SSSR count). The molecule has 3 unspecified atom stereocenters. The second-order valence-corrected chi connectivity index (χ2v) is 8.67. The van der Waals surface area contributed by atoms with Gasteiger partial charge in [-0.1, -0.05) is 27.7 Å². The van der Waals surface area contributed by atoms with Crippen LogP contribution in [0.4, 0.5) is 0 Å². The number of aliphatic imine (C=N–C) groups is 1.